The Kier molecular flexibility index (Phi) is 7.04. The summed E-state index contributed by atoms with van der Waals surface area (Å²) >= 11 is 7.16. The summed E-state index contributed by atoms with van der Waals surface area (Å²) in [5.41, 5.74) is 4.96. The van der Waals surface area contributed by atoms with E-state index < -0.39 is 23.8 Å². The molecule has 0 saturated carbocycles. The van der Waals surface area contributed by atoms with Crippen LogP contribution in [0.15, 0.2) is 29.2 Å². The van der Waals surface area contributed by atoms with Crippen molar-refractivity contribution in [3.8, 4) is 0 Å². The standard InChI is InChI=1S/C13H15ClN2O4S/c14-8-3-1-2-4-10(8)21-7-12(18)16-9(13(19)20)5-6-11(15)17/h1-4,9H,5-7H2,(H2,15,17)(H,16,18)(H,19,20)/t9-/m0/s1. The maximum absolute atomic E-state index is 11.7. The second-order valence-electron chi connectivity index (χ2n) is 4.18. The summed E-state index contributed by atoms with van der Waals surface area (Å²) in [5.74, 6) is -2.23. The minimum Gasteiger partial charge on any atom is -0.480 e. The number of thioether (sulfide) groups is 1. The highest BCUT2D eigenvalue weighted by Crippen LogP contribution is 2.26. The number of rotatable bonds is 8. The Morgan fingerprint density at radius 3 is 2.57 bits per heavy atom. The van der Waals surface area contributed by atoms with E-state index in [1.807, 2.05) is 0 Å². The Balaban J connectivity index is 2.49. The zero-order valence-corrected chi connectivity index (χ0v) is 12.6. The van der Waals surface area contributed by atoms with Crippen molar-refractivity contribution in [1.82, 2.24) is 5.32 Å². The number of halogens is 1. The molecule has 1 aromatic carbocycles. The predicted molar refractivity (Wildman–Crippen MR) is 80.2 cm³/mol. The van der Waals surface area contributed by atoms with Gasteiger partial charge >= 0.3 is 5.97 Å². The molecule has 0 unspecified atom stereocenters. The second kappa shape index (κ2) is 8.53. The summed E-state index contributed by atoms with van der Waals surface area (Å²) < 4.78 is 0. The normalized spacial score (nSPS) is 11.7. The molecule has 0 radical (unpaired) electrons. The van der Waals surface area contributed by atoms with Crippen LogP contribution in [-0.4, -0.2) is 34.7 Å². The average molecular weight is 331 g/mol. The Bertz CT molecular complexity index is 539. The third kappa shape index (κ3) is 6.50. The van der Waals surface area contributed by atoms with Crippen molar-refractivity contribution in [2.24, 2.45) is 5.73 Å². The average Bonchev–Trinajstić information content (AvgIpc) is 2.42. The molecule has 0 aliphatic carbocycles. The van der Waals surface area contributed by atoms with E-state index in [1.165, 1.54) is 11.8 Å². The van der Waals surface area contributed by atoms with Gasteiger partial charge in [-0.25, -0.2) is 4.79 Å². The van der Waals surface area contributed by atoms with E-state index >= 15 is 0 Å². The van der Waals surface area contributed by atoms with Crippen molar-refractivity contribution >= 4 is 41.1 Å². The van der Waals surface area contributed by atoms with Crippen LogP contribution in [-0.2, 0) is 14.4 Å². The minimum atomic E-state index is -1.20. The lowest BCUT2D eigenvalue weighted by Crippen LogP contribution is -2.42. The quantitative estimate of drug-likeness (QED) is 0.622. The van der Waals surface area contributed by atoms with E-state index in [-0.39, 0.29) is 18.6 Å². The fourth-order valence-corrected chi connectivity index (χ4v) is 2.54. The number of carbonyl (C=O) groups excluding carboxylic acids is 2. The van der Waals surface area contributed by atoms with Crippen LogP contribution in [0.2, 0.25) is 5.02 Å². The topological polar surface area (TPSA) is 109 Å². The van der Waals surface area contributed by atoms with Crippen LogP contribution < -0.4 is 11.1 Å². The highest BCUT2D eigenvalue weighted by atomic mass is 35.5. The molecular weight excluding hydrogens is 316 g/mol. The first-order valence-electron chi connectivity index (χ1n) is 6.08. The number of hydrogen-bond donors (Lipinski definition) is 3. The predicted octanol–water partition coefficient (Wildman–Crippen LogP) is 1.27. The highest BCUT2D eigenvalue weighted by molar-refractivity contribution is 8.00. The molecule has 1 aromatic rings. The lowest BCUT2D eigenvalue weighted by molar-refractivity contribution is -0.141. The van der Waals surface area contributed by atoms with Crippen LogP contribution in [0, 0.1) is 0 Å². The molecule has 8 heteroatoms. The van der Waals surface area contributed by atoms with Gasteiger partial charge in [-0.1, -0.05) is 23.7 Å². The maximum Gasteiger partial charge on any atom is 0.326 e. The summed E-state index contributed by atoms with van der Waals surface area (Å²) in [6.07, 6.45) is -0.137. The molecule has 0 spiro atoms. The van der Waals surface area contributed by atoms with Crippen LogP contribution in [0.25, 0.3) is 0 Å². The first-order chi connectivity index (χ1) is 9.90. The highest BCUT2D eigenvalue weighted by Gasteiger charge is 2.20. The molecule has 4 N–H and O–H groups in total. The molecule has 2 amide bonds. The Morgan fingerprint density at radius 1 is 1.33 bits per heavy atom. The number of nitrogens with two attached hydrogens (primary N) is 1. The summed E-state index contributed by atoms with van der Waals surface area (Å²) in [6.45, 7) is 0. The van der Waals surface area contributed by atoms with Gasteiger partial charge in [0, 0.05) is 11.3 Å². The lowest BCUT2D eigenvalue weighted by atomic mass is 10.1. The lowest BCUT2D eigenvalue weighted by Gasteiger charge is -2.13. The van der Waals surface area contributed by atoms with Gasteiger partial charge in [-0.15, -0.1) is 11.8 Å². The molecule has 0 heterocycles. The molecule has 1 rings (SSSR count). The first kappa shape index (κ1) is 17.3. The number of benzene rings is 1. The van der Waals surface area contributed by atoms with E-state index in [9.17, 15) is 14.4 Å². The molecule has 21 heavy (non-hydrogen) atoms. The van der Waals surface area contributed by atoms with Crippen LogP contribution in [0.4, 0.5) is 0 Å². The van der Waals surface area contributed by atoms with E-state index in [2.05, 4.69) is 5.32 Å². The summed E-state index contributed by atoms with van der Waals surface area (Å²) in [6, 6.07) is 5.91. The van der Waals surface area contributed by atoms with Gasteiger partial charge in [0.1, 0.15) is 6.04 Å². The van der Waals surface area contributed by atoms with Gasteiger partial charge in [0.25, 0.3) is 0 Å². The van der Waals surface area contributed by atoms with Gasteiger partial charge < -0.3 is 16.2 Å². The maximum atomic E-state index is 11.7. The molecular formula is C13H15ClN2O4S. The zero-order valence-electron chi connectivity index (χ0n) is 11.0. The van der Waals surface area contributed by atoms with E-state index in [1.54, 1.807) is 24.3 Å². The molecule has 0 bridgehead atoms. The number of primary amides is 1. The van der Waals surface area contributed by atoms with Crippen molar-refractivity contribution < 1.29 is 19.5 Å². The number of carboxylic acids is 1. The fraction of sp³-hybridized carbons (Fsp3) is 0.308. The number of carbonyl (C=O) groups is 3. The number of hydrogen-bond acceptors (Lipinski definition) is 4. The van der Waals surface area contributed by atoms with Gasteiger partial charge in [0.15, 0.2) is 0 Å². The molecule has 6 nitrogen and oxygen atoms in total. The van der Waals surface area contributed by atoms with E-state index in [0.29, 0.717) is 5.02 Å². The van der Waals surface area contributed by atoms with Crippen LogP contribution in [0.3, 0.4) is 0 Å². The number of nitrogens with one attached hydrogen (secondary N) is 1. The van der Waals surface area contributed by atoms with Crippen LogP contribution in [0.5, 0.6) is 0 Å². The van der Waals surface area contributed by atoms with Gasteiger partial charge in [-0.05, 0) is 18.6 Å². The molecule has 0 aliphatic rings. The van der Waals surface area contributed by atoms with Gasteiger partial charge in [0.05, 0.1) is 10.8 Å². The van der Waals surface area contributed by atoms with Crippen molar-refractivity contribution in [2.75, 3.05) is 5.75 Å². The van der Waals surface area contributed by atoms with Crippen molar-refractivity contribution in [3.63, 3.8) is 0 Å². The second-order valence-corrected chi connectivity index (χ2v) is 5.61. The number of amides is 2. The largest absolute Gasteiger partial charge is 0.480 e. The van der Waals surface area contributed by atoms with Crippen molar-refractivity contribution in [3.05, 3.63) is 29.3 Å². The van der Waals surface area contributed by atoms with Crippen LogP contribution >= 0.6 is 23.4 Å². The minimum absolute atomic E-state index is 0.0318. The SMILES string of the molecule is NC(=O)CC[C@H](NC(=O)CSc1ccccc1Cl)C(=O)O. The van der Waals surface area contributed by atoms with Crippen LogP contribution in [0.1, 0.15) is 12.8 Å². The summed E-state index contributed by atoms with van der Waals surface area (Å²) in [7, 11) is 0. The summed E-state index contributed by atoms with van der Waals surface area (Å²) in [5, 5.41) is 11.8. The molecule has 114 valence electrons. The Hall–Kier alpha value is -1.73. The monoisotopic (exact) mass is 330 g/mol. The molecule has 1 atom stereocenters. The molecule has 0 aliphatic heterocycles. The summed E-state index contributed by atoms with van der Waals surface area (Å²) in [4.78, 5) is 34.1. The van der Waals surface area contributed by atoms with Gasteiger partial charge in [0.2, 0.25) is 11.8 Å². The fourth-order valence-electron chi connectivity index (χ4n) is 1.49. The van der Waals surface area contributed by atoms with E-state index in [4.69, 9.17) is 22.4 Å². The number of carboxylic acid groups (broad SMARTS) is 1. The van der Waals surface area contributed by atoms with E-state index in [0.717, 1.165) is 4.90 Å². The molecule has 0 fully saturated rings. The van der Waals surface area contributed by atoms with Crippen molar-refractivity contribution in [2.45, 2.75) is 23.8 Å². The molecule has 0 saturated heterocycles. The smallest absolute Gasteiger partial charge is 0.326 e. The first-order valence-corrected chi connectivity index (χ1v) is 7.44. The zero-order chi connectivity index (χ0) is 15.8. The number of aliphatic carboxylic acids is 1. The third-order valence-corrected chi connectivity index (χ3v) is 4.02. The third-order valence-electron chi connectivity index (χ3n) is 2.51. The Morgan fingerprint density at radius 2 is 2.00 bits per heavy atom. The van der Waals surface area contributed by atoms with Crippen molar-refractivity contribution in [1.29, 1.82) is 0 Å². The molecule has 0 aromatic heterocycles. The Labute approximate surface area is 131 Å². The van der Waals surface area contributed by atoms with Gasteiger partial charge in [-0.3, -0.25) is 9.59 Å². The van der Waals surface area contributed by atoms with Gasteiger partial charge in [-0.2, -0.15) is 0 Å².